The van der Waals surface area contributed by atoms with Crippen molar-refractivity contribution in [1.82, 2.24) is 26.2 Å². The lowest BCUT2D eigenvalue weighted by atomic mass is 9.90. The largest absolute Gasteiger partial charge is 0.393 e. The Balaban J connectivity index is 1.84. The van der Waals surface area contributed by atoms with E-state index in [1.807, 2.05) is 81.1 Å². The van der Waals surface area contributed by atoms with Gasteiger partial charge in [-0.25, -0.2) is 0 Å². The molecule has 0 bridgehead atoms. The normalized spacial score (nSPS) is 16.8. The molecule has 4 amide bonds. The van der Waals surface area contributed by atoms with Crippen LogP contribution < -0.4 is 21.3 Å². The highest BCUT2D eigenvalue weighted by atomic mass is 16.5. The third kappa shape index (κ3) is 15.0. The summed E-state index contributed by atoms with van der Waals surface area (Å²) < 4.78 is 5.39. The molecule has 0 unspecified atom stereocenters. The molecule has 0 spiro atoms. The maximum atomic E-state index is 14.1. The summed E-state index contributed by atoms with van der Waals surface area (Å²) in [5.74, 6) is -2.89. The van der Waals surface area contributed by atoms with Gasteiger partial charge in [0.25, 0.3) is 0 Å². The molecule has 0 aliphatic carbocycles. The maximum Gasteiger partial charge on any atom is 0.243 e. The van der Waals surface area contributed by atoms with E-state index < -0.39 is 59.9 Å². The molecule has 0 aromatic heterocycles. The number of amides is 4. The molecular weight excluding hydrogens is 678 g/mol. The van der Waals surface area contributed by atoms with Gasteiger partial charge in [-0.05, 0) is 55.6 Å². The average molecular weight is 738 g/mol. The predicted molar refractivity (Wildman–Crippen MR) is 202 cm³/mol. The van der Waals surface area contributed by atoms with Gasteiger partial charge in [0.2, 0.25) is 23.6 Å². The van der Waals surface area contributed by atoms with Crippen molar-refractivity contribution in [2.75, 3.05) is 39.5 Å². The number of hydrogen-bond acceptors (Lipinski definition) is 9. The zero-order chi connectivity index (χ0) is 39.0. The topological polar surface area (TPSA) is 186 Å². The van der Waals surface area contributed by atoms with Gasteiger partial charge in [-0.3, -0.25) is 28.9 Å². The first-order valence-corrected chi connectivity index (χ1v) is 18.6. The smallest absolute Gasteiger partial charge is 0.243 e. The van der Waals surface area contributed by atoms with Gasteiger partial charge in [-0.15, -0.1) is 0 Å². The van der Waals surface area contributed by atoms with Gasteiger partial charge in [0.15, 0.2) is 5.78 Å². The van der Waals surface area contributed by atoms with Crippen molar-refractivity contribution >= 4 is 29.4 Å². The van der Waals surface area contributed by atoms with E-state index >= 15 is 0 Å². The highest BCUT2D eigenvalue weighted by Crippen LogP contribution is 2.16. The summed E-state index contributed by atoms with van der Waals surface area (Å²) in [7, 11) is 0. The van der Waals surface area contributed by atoms with Gasteiger partial charge in [0.05, 0.1) is 32.4 Å². The minimum atomic E-state index is -2.08. The zero-order valence-electron chi connectivity index (χ0n) is 31.8. The molecule has 1 heterocycles. The summed E-state index contributed by atoms with van der Waals surface area (Å²) in [5, 5.41) is 31.5. The Morgan fingerprint density at radius 2 is 1.21 bits per heavy atom. The van der Waals surface area contributed by atoms with Gasteiger partial charge < -0.3 is 36.2 Å². The van der Waals surface area contributed by atoms with E-state index in [1.165, 1.54) is 6.92 Å². The number of nitrogens with zero attached hydrogens (tertiary/aromatic N) is 1. The Morgan fingerprint density at radius 3 is 1.77 bits per heavy atom. The van der Waals surface area contributed by atoms with Crippen molar-refractivity contribution in [2.24, 2.45) is 11.8 Å². The van der Waals surface area contributed by atoms with Crippen molar-refractivity contribution in [1.29, 1.82) is 0 Å². The quantitative estimate of drug-likeness (QED) is 0.111. The van der Waals surface area contributed by atoms with E-state index in [0.29, 0.717) is 39.1 Å². The monoisotopic (exact) mass is 737 g/mol. The number of aryl methyl sites for hydroxylation is 1. The van der Waals surface area contributed by atoms with Crippen LogP contribution in [0, 0.1) is 11.8 Å². The van der Waals surface area contributed by atoms with Gasteiger partial charge in [0, 0.05) is 19.5 Å². The summed E-state index contributed by atoms with van der Waals surface area (Å²) in [4.78, 5) is 70.2. The fourth-order valence-electron chi connectivity index (χ4n) is 6.16. The highest BCUT2D eigenvalue weighted by Gasteiger charge is 2.38. The number of benzene rings is 2. The Morgan fingerprint density at radius 1 is 0.717 bits per heavy atom. The van der Waals surface area contributed by atoms with E-state index in [2.05, 4.69) is 21.3 Å². The molecule has 2 aromatic rings. The number of ether oxygens (including phenoxy) is 1. The van der Waals surface area contributed by atoms with Gasteiger partial charge in [-0.2, -0.15) is 0 Å². The van der Waals surface area contributed by atoms with E-state index in [-0.39, 0.29) is 43.6 Å². The Kier molecular flexibility index (Phi) is 17.5. The number of rotatable bonds is 21. The van der Waals surface area contributed by atoms with E-state index in [0.717, 1.165) is 11.1 Å². The van der Waals surface area contributed by atoms with Crippen molar-refractivity contribution < 1.29 is 38.9 Å². The molecule has 1 fully saturated rings. The Hall–Kier alpha value is -4.17. The second kappa shape index (κ2) is 21.5. The van der Waals surface area contributed by atoms with Crippen LogP contribution in [0.5, 0.6) is 0 Å². The summed E-state index contributed by atoms with van der Waals surface area (Å²) in [6.45, 7) is 10.3. The fraction of sp³-hybridized carbons (Fsp3) is 0.575. The lowest BCUT2D eigenvalue weighted by Crippen LogP contribution is -2.60. The lowest BCUT2D eigenvalue weighted by Gasteiger charge is -2.30. The first kappa shape index (κ1) is 43.2. The van der Waals surface area contributed by atoms with Crippen LogP contribution in [0.1, 0.15) is 65.0 Å². The fourth-order valence-corrected chi connectivity index (χ4v) is 6.16. The van der Waals surface area contributed by atoms with Crippen LogP contribution in [0.3, 0.4) is 0 Å². The van der Waals surface area contributed by atoms with Crippen LogP contribution >= 0.6 is 0 Å². The number of aliphatic hydroxyl groups excluding tert-OH is 1. The standard InChI is InChI=1S/C40H59N5O8/c1-27(2)22-32(36(48)40(5,52)26-46)42-39(51)34(24-30-14-10-7-11-15-30)44-38(50)33(23-28(3)4)43-37(49)31(17-16-29-12-8-6-9-13-29)41-35(47)25-45-18-20-53-21-19-45/h6-15,27-28,31-34,46,52H,16-26H2,1-5H3,(H,41,47)(H,42,51)(H,43,49)(H,44,50)/t31-,32-,33-,34+,40-/m0/s1. The van der Waals surface area contributed by atoms with E-state index in [9.17, 15) is 34.2 Å². The molecule has 0 saturated carbocycles. The van der Waals surface area contributed by atoms with Crippen molar-refractivity contribution in [3.05, 3.63) is 71.8 Å². The zero-order valence-corrected chi connectivity index (χ0v) is 31.8. The number of aliphatic hydroxyl groups is 2. The molecule has 292 valence electrons. The number of hydrogen-bond donors (Lipinski definition) is 6. The first-order valence-electron chi connectivity index (χ1n) is 18.6. The number of carbonyl (C=O) groups is 5. The van der Waals surface area contributed by atoms with Crippen LogP contribution in [-0.2, 0) is 41.6 Å². The Bertz CT molecular complexity index is 1460. The van der Waals surface area contributed by atoms with E-state index in [4.69, 9.17) is 4.74 Å². The van der Waals surface area contributed by atoms with Crippen LogP contribution in [0.25, 0.3) is 0 Å². The summed E-state index contributed by atoms with van der Waals surface area (Å²) >= 11 is 0. The number of ketones is 1. The maximum absolute atomic E-state index is 14.1. The minimum Gasteiger partial charge on any atom is -0.393 e. The van der Waals surface area contributed by atoms with Gasteiger partial charge >= 0.3 is 0 Å². The average Bonchev–Trinajstić information content (AvgIpc) is 3.12. The summed E-state index contributed by atoms with van der Waals surface area (Å²) in [6.07, 6.45) is 1.33. The second-order valence-electron chi connectivity index (χ2n) is 15.0. The highest BCUT2D eigenvalue weighted by molar-refractivity contribution is 5.97. The van der Waals surface area contributed by atoms with Crippen LogP contribution in [0.15, 0.2) is 60.7 Å². The van der Waals surface area contributed by atoms with Gasteiger partial charge in [-0.1, -0.05) is 88.4 Å². The van der Waals surface area contributed by atoms with Crippen LogP contribution in [0.4, 0.5) is 0 Å². The molecule has 1 aliphatic heterocycles. The lowest BCUT2D eigenvalue weighted by molar-refractivity contribution is -0.144. The predicted octanol–water partition coefficient (Wildman–Crippen LogP) is 1.54. The third-order valence-corrected chi connectivity index (χ3v) is 9.12. The van der Waals surface area contributed by atoms with Crippen molar-refractivity contribution in [3.63, 3.8) is 0 Å². The molecule has 3 rings (SSSR count). The molecule has 13 nitrogen and oxygen atoms in total. The summed E-state index contributed by atoms with van der Waals surface area (Å²) in [6, 6.07) is 14.4. The number of carbonyl (C=O) groups excluding carboxylic acids is 5. The second-order valence-corrected chi connectivity index (χ2v) is 15.0. The summed E-state index contributed by atoms with van der Waals surface area (Å²) in [5.41, 5.74) is -0.337. The van der Waals surface area contributed by atoms with Gasteiger partial charge in [0.1, 0.15) is 23.7 Å². The molecular formula is C40H59N5O8. The van der Waals surface area contributed by atoms with E-state index in [1.54, 1.807) is 12.1 Å². The molecule has 5 atom stereocenters. The number of Topliss-reactive ketones (excluding diaryl/α,β-unsaturated/α-hetero) is 1. The molecule has 53 heavy (non-hydrogen) atoms. The SMILES string of the molecule is CC(C)C[C@H](NC(=O)[C@H](CCc1ccccc1)NC(=O)CN1CCOCC1)C(=O)N[C@H](Cc1ccccc1)C(=O)N[C@@H](CC(C)C)C(=O)[C@@](C)(O)CO. The van der Waals surface area contributed by atoms with Crippen LogP contribution in [-0.4, -0.2) is 114 Å². The number of morpholine rings is 1. The van der Waals surface area contributed by atoms with Crippen molar-refractivity contribution in [2.45, 2.75) is 96.5 Å². The molecule has 1 saturated heterocycles. The molecule has 6 N–H and O–H groups in total. The Labute approximate surface area is 313 Å². The molecule has 2 aromatic carbocycles. The molecule has 1 aliphatic rings. The molecule has 0 radical (unpaired) electrons. The van der Waals surface area contributed by atoms with Crippen LogP contribution in [0.2, 0.25) is 0 Å². The molecule has 13 heteroatoms. The first-order chi connectivity index (χ1) is 25.2. The number of nitrogens with one attached hydrogen (secondary N) is 4. The van der Waals surface area contributed by atoms with Crippen molar-refractivity contribution in [3.8, 4) is 0 Å². The minimum absolute atomic E-state index is 0.0279. The third-order valence-electron chi connectivity index (χ3n) is 9.12.